The van der Waals surface area contributed by atoms with Crippen molar-refractivity contribution in [1.29, 1.82) is 0 Å². The van der Waals surface area contributed by atoms with Gasteiger partial charge < -0.3 is 0 Å². The van der Waals surface area contributed by atoms with Crippen LogP contribution in [0.5, 0.6) is 0 Å². The van der Waals surface area contributed by atoms with Crippen molar-refractivity contribution in [3.8, 4) is 11.2 Å². The molecule has 0 aliphatic carbocycles. The average molecular weight is 112 g/mol. The molecule has 0 spiro atoms. The second-order valence-electron chi connectivity index (χ2n) is 1.58. The Bertz CT molecular complexity index is 86.5. The van der Waals surface area contributed by atoms with E-state index < -0.39 is 0 Å². The summed E-state index contributed by atoms with van der Waals surface area (Å²) in [5, 5.41) is 3.01. The molecule has 0 nitrogen and oxygen atoms in total. The van der Waals surface area contributed by atoms with Gasteiger partial charge in [-0.25, -0.2) is 0 Å². The lowest BCUT2D eigenvalue weighted by molar-refractivity contribution is 0.841. The van der Waals surface area contributed by atoms with Crippen molar-refractivity contribution < 1.29 is 0 Å². The SMILES string of the molecule is C1#CSCCCC1. The maximum Gasteiger partial charge on any atom is 0.00979 e. The molecule has 0 radical (unpaired) electrons. The second-order valence-corrected chi connectivity index (χ2v) is 2.49. The zero-order valence-corrected chi connectivity index (χ0v) is 5.05. The van der Waals surface area contributed by atoms with Crippen LogP contribution in [0.3, 0.4) is 0 Å². The standard InChI is InChI=1S/C6H8S/c1-2-4-6-7-5-3-1/h1-3,5H2. The van der Waals surface area contributed by atoms with Gasteiger partial charge in [-0.1, -0.05) is 17.7 Å². The first-order chi connectivity index (χ1) is 3.50. The lowest BCUT2D eigenvalue weighted by atomic mass is 10.3. The van der Waals surface area contributed by atoms with Crippen LogP contribution in [0.15, 0.2) is 0 Å². The molecule has 0 fully saturated rings. The Hall–Kier alpha value is -0.0900. The Morgan fingerprint density at radius 2 is 2.29 bits per heavy atom. The lowest BCUT2D eigenvalue weighted by Gasteiger charge is -1.85. The smallest absolute Gasteiger partial charge is 0.00979 e. The third kappa shape index (κ3) is 1.89. The molecular formula is C6H8S. The fourth-order valence-electron chi connectivity index (χ4n) is 0.541. The highest BCUT2D eigenvalue weighted by molar-refractivity contribution is 8.03. The molecule has 1 aliphatic heterocycles. The Labute approximate surface area is 48.7 Å². The molecule has 0 saturated heterocycles. The summed E-state index contributed by atoms with van der Waals surface area (Å²) in [7, 11) is 0. The van der Waals surface area contributed by atoms with Crippen molar-refractivity contribution in [3.05, 3.63) is 0 Å². The summed E-state index contributed by atoms with van der Waals surface area (Å²) in [5.41, 5.74) is 0. The van der Waals surface area contributed by atoms with Crippen LogP contribution < -0.4 is 0 Å². The number of thioether (sulfide) groups is 1. The van der Waals surface area contributed by atoms with Gasteiger partial charge in [0.1, 0.15) is 0 Å². The molecule has 0 unspecified atom stereocenters. The molecule has 0 aromatic heterocycles. The van der Waals surface area contributed by atoms with Gasteiger partial charge in [-0.2, -0.15) is 0 Å². The monoisotopic (exact) mass is 112 g/mol. The molecule has 0 bridgehead atoms. The third-order valence-corrected chi connectivity index (χ3v) is 1.72. The van der Waals surface area contributed by atoms with E-state index in [0.717, 1.165) is 6.42 Å². The highest BCUT2D eigenvalue weighted by Crippen LogP contribution is 2.07. The minimum atomic E-state index is 1.12. The normalized spacial score (nSPS) is 19.4. The number of rotatable bonds is 0. The predicted molar refractivity (Wildman–Crippen MR) is 34.1 cm³/mol. The Morgan fingerprint density at radius 3 is 3.29 bits per heavy atom. The predicted octanol–water partition coefficient (Wildman–Crippen LogP) is 1.86. The number of hydrogen-bond acceptors (Lipinski definition) is 1. The molecule has 38 valence electrons. The Morgan fingerprint density at radius 1 is 1.29 bits per heavy atom. The number of hydrogen-bond donors (Lipinski definition) is 0. The Kier molecular flexibility index (Phi) is 2.15. The van der Waals surface area contributed by atoms with Crippen molar-refractivity contribution in [2.45, 2.75) is 19.3 Å². The van der Waals surface area contributed by atoms with Gasteiger partial charge in [-0.15, -0.1) is 0 Å². The van der Waals surface area contributed by atoms with Crippen LogP contribution in [0.4, 0.5) is 0 Å². The fourth-order valence-corrected chi connectivity index (χ4v) is 1.20. The summed E-state index contributed by atoms with van der Waals surface area (Å²) >= 11 is 1.75. The van der Waals surface area contributed by atoms with Gasteiger partial charge in [0.2, 0.25) is 0 Å². The molecule has 1 heteroatoms. The lowest BCUT2D eigenvalue weighted by Crippen LogP contribution is -1.72. The molecule has 1 aliphatic rings. The van der Waals surface area contributed by atoms with Crippen molar-refractivity contribution >= 4 is 11.8 Å². The van der Waals surface area contributed by atoms with Crippen LogP contribution >= 0.6 is 11.8 Å². The van der Waals surface area contributed by atoms with Gasteiger partial charge in [0.15, 0.2) is 0 Å². The first-order valence-corrected chi connectivity index (χ1v) is 3.58. The maximum atomic E-state index is 3.06. The Balaban J connectivity index is 2.26. The van der Waals surface area contributed by atoms with Crippen molar-refractivity contribution in [1.82, 2.24) is 0 Å². The fraction of sp³-hybridized carbons (Fsp3) is 0.667. The highest BCUT2D eigenvalue weighted by atomic mass is 32.2. The van der Waals surface area contributed by atoms with Gasteiger partial charge in [-0.3, -0.25) is 0 Å². The van der Waals surface area contributed by atoms with Crippen LogP contribution in [0, 0.1) is 11.2 Å². The molecular weight excluding hydrogens is 104 g/mol. The van der Waals surface area contributed by atoms with E-state index in [2.05, 4.69) is 11.2 Å². The molecule has 7 heavy (non-hydrogen) atoms. The molecule has 0 amide bonds. The molecule has 0 aromatic rings. The van der Waals surface area contributed by atoms with Crippen LogP contribution in [-0.2, 0) is 0 Å². The van der Waals surface area contributed by atoms with E-state index in [1.807, 2.05) is 0 Å². The average Bonchev–Trinajstić information content (AvgIpc) is 1.90. The van der Waals surface area contributed by atoms with E-state index in [4.69, 9.17) is 0 Å². The van der Waals surface area contributed by atoms with Gasteiger partial charge >= 0.3 is 0 Å². The zero-order chi connectivity index (χ0) is 4.95. The van der Waals surface area contributed by atoms with E-state index in [-0.39, 0.29) is 0 Å². The van der Waals surface area contributed by atoms with Gasteiger partial charge in [0.25, 0.3) is 0 Å². The highest BCUT2D eigenvalue weighted by Gasteiger charge is 1.88. The van der Waals surface area contributed by atoms with Crippen molar-refractivity contribution in [3.63, 3.8) is 0 Å². The maximum absolute atomic E-state index is 3.06. The molecule has 1 rings (SSSR count). The van der Waals surface area contributed by atoms with Crippen LogP contribution in [0.1, 0.15) is 19.3 Å². The topological polar surface area (TPSA) is 0 Å². The van der Waals surface area contributed by atoms with Crippen LogP contribution in [-0.4, -0.2) is 5.75 Å². The van der Waals surface area contributed by atoms with Gasteiger partial charge in [0.05, 0.1) is 0 Å². The van der Waals surface area contributed by atoms with E-state index >= 15 is 0 Å². The minimum absolute atomic E-state index is 1.12. The van der Waals surface area contributed by atoms with E-state index in [1.165, 1.54) is 18.6 Å². The summed E-state index contributed by atoms with van der Waals surface area (Å²) < 4.78 is 0. The molecule has 1 heterocycles. The van der Waals surface area contributed by atoms with E-state index in [0.29, 0.717) is 0 Å². The summed E-state index contributed by atoms with van der Waals surface area (Å²) in [5.74, 6) is 4.30. The van der Waals surface area contributed by atoms with Crippen molar-refractivity contribution in [2.75, 3.05) is 5.75 Å². The third-order valence-electron chi connectivity index (χ3n) is 0.943. The molecule has 0 N–H and O–H groups in total. The van der Waals surface area contributed by atoms with E-state index in [1.54, 1.807) is 11.8 Å². The second kappa shape index (κ2) is 2.98. The first kappa shape index (κ1) is 5.05. The largest absolute Gasteiger partial charge is 0.0913 e. The van der Waals surface area contributed by atoms with Gasteiger partial charge in [-0.05, 0) is 18.1 Å². The summed E-state index contributed by atoms with van der Waals surface area (Å²) in [6, 6.07) is 0. The summed E-state index contributed by atoms with van der Waals surface area (Å²) in [6.07, 6.45) is 3.76. The van der Waals surface area contributed by atoms with Crippen LogP contribution in [0.2, 0.25) is 0 Å². The minimum Gasteiger partial charge on any atom is -0.0913 e. The van der Waals surface area contributed by atoms with Crippen LogP contribution in [0.25, 0.3) is 0 Å². The van der Waals surface area contributed by atoms with E-state index in [9.17, 15) is 0 Å². The van der Waals surface area contributed by atoms with Gasteiger partial charge in [0, 0.05) is 12.2 Å². The molecule has 0 aromatic carbocycles. The summed E-state index contributed by atoms with van der Waals surface area (Å²) in [4.78, 5) is 0. The molecule has 0 saturated carbocycles. The molecule has 0 atom stereocenters. The zero-order valence-electron chi connectivity index (χ0n) is 4.24. The quantitative estimate of drug-likeness (QED) is 0.431. The summed E-state index contributed by atoms with van der Waals surface area (Å²) in [6.45, 7) is 0. The van der Waals surface area contributed by atoms with Crippen molar-refractivity contribution in [2.24, 2.45) is 0 Å². The first-order valence-electron chi connectivity index (χ1n) is 2.60.